The highest BCUT2D eigenvalue weighted by molar-refractivity contribution is 5.78. The average molecular weight is 296 g/mol. The molecule has 1 atom stereocenters. The molecule has 1 aliphatic carbocycles. The smallest absolute Gasteiger partial charge is 0.223 e. The molecule has 122 valence electrons. The first-order valence-electron chi connectivity index (χ1n) is 8.72. The number of hydrogen-bond donors (Lipinski definition) is 2. The van der Waals surface area contributed by atoms with Gasteiger partial charge in [0.2, 0.25) is 5.91 Å². The van der Waals surface area contributed by atoms with E-state index in [9.17, 15) is 9.90 Å². The Labute approximate surface area is 129 Å². The van der Waals surface area contributed by atoms with Gasteiger partial charge in [-0.25, -0.2) is 0 Å². The lowest BCUT2D eigenvalue weighted by atomic mass is 9.82. The fourth-order valence-electron chi connectivity index (χ4n) is 3.49. The van der Waals surface area contributed by atoms with Crippen molar-refractivity contribution in [1.29, 1.82) is 0 Å². The van der Waals surface area contributed by atoms with Crippen LogP contribution in [0.3, 0.4) is 0 Å². The van der Waals surface area contributed by atoms with Crippen molar-refractivity contribution in [3.05, 3.63) is 0 Å². The van der Waals surface area contributed by atoms with E-state index in [1.807, 2.05) is 0 Å². The summed E-state index contributed by atoms with van der Waals surface area (Å²) in [6, 6.07) is 0. The highest BCUT2D eigenvalue weighted by atomic mass is 16.3. The van der Waals surface area contributed by atoms with Crippen molar-refractivity contribution >= 4 is 5.91 Å². The van der Waals surface area contributed by atoms with E-state index in [4.69, 9.17) is 0 Å². The van der Waals surface area contributed by atoms with Gasteiger partial charge in [-0.05, 0) is 63.5 Å². The fraction of sp³-hybridized carbons (Fsp3) is 0.941. The van der Waals surface area contributed by atoms with Crippen molar-refractivity contribution in [2.75, 3.05) is 26.2 Å². The number of hydrogen-bond acceptors (Lipinski definition) is 3. The Balaban J connectivity index is 1.62. The molecular weight excluding hydrogens is 264 g/mol. The van der Waals surface area contributed by atoms with Crippen molar-refractivity contribution in [2.24, 2.45) is 17.8 Å². The van der Waals surface area contributed by atoms with E-state index >= 15 is 0 Å². The van der Waals surface area contributed by atoms with Crippen molar-refractivity contribution in [3.63, 3.8) is 0 Å². The summed E-state index contributed by atoms with van der Waals surface area (Å²) in [6.45, 7) is 7.79. The molecule has 0 radical (unpaired) electrons. The van der Waals surface area contributed by atoms with Crippen LogP contribution in [0.15, 0.2) is 0 Å². The SMILES string of the molecule is CC1CCC(C(=O)NCC(O)CN2CCC(C)CC2)CC1. The van der Waals surface area contributed by atoms with E-state index < -0.39 is 6.10 Å². The number of carbonyl (C=O) groups excluding carboxylic acids is 1. The lowest BCUT2D eigenvalue weighted by Crippen LogP contribution is -2.44. The first kappa shape index (κ1) is 16.8. The molecule has 1 amide bonds. The normalized spacial score (nSPS) is 30.0. The largest absolute Gasteiger partial charge is 0.390 e. The van der Waals surface area contributed by atoms with Gasteiger partial charge in [0.1, 0.15) is 0 Å². The Morgan fingerprint density at radius 2 is 1.67 bits per heavy atom. The van der Waals surface area contributed by atoms with Crippen LogP contribution in [0.1, 0.15) is 52.4 Å². The summed E-state index contributed by atoms with van der Waals surface area (Å²) in [5.74, 6) is 1.89. The van der Waals surface area contributed by atoms with Crippen molar-refractivity contribution < 1.29 is 9.90 Å². The third-order valence-electron chi connectivity index (χ3n) is 5.24. The predicted octanol–water partition coefficient (Wildman–Crippen LogP) is 2.02. The number of rotatable bonds is 5. The van der Waals surface area contributed by atoms with Gasteiger partial charge in [0.05, 0.1) is 6.10 Å². The number of carbonyl (C=O) groups is 1. The maximum absolute atomic E-state index is 12.1. The second kappa shape index (κ2) is 8.14. The predicted molar refractivity (Wildman–Crippen MR) is 85.0 cm³/mol. The molecule has 1 aliphatic heterocycles. The van der Waals surface area contributed by atoms with E-state index in [0.717, 1.165) is 50.6 Å². The van der Waals surface area contributed by atoms with Gasteiger partial charge >= 0.3 is 0 Å². The van der Waals surface area contributed by atoms with E-state index in [2.05, 4.69) is 24.1 Å². The molecule has 0 aromatic carbocycles. The third kappa shape index (κ3) is 5.59. The number of likely N-dealkylation sites (tertiary alicyclic amines) is 1. The van der Waals surface area contributed by atoms with Crippen LogP contribution in [0.25, 0.3) is 0 Å². The molecule has 0 spiro atoms. The number of aliphatic hydroxyl groups is 1. The first-order valence-corrected chi connectivity index (χ1v) is 8.72. The van der Waals surface area contributed by atoms with E-state index in [0.29, 0.717) is 13.1 Å². The average Bonchev–Trinajstić information content (AvgIpc) is 2.48. The minimum Gasteiger partial charge on any atom is -0.390 e. The van der Waals surface area contributed by atoms with Gasteiger partial charge in [-0.1, -0.05) is 13.8 Å². The third-order valence-corrected chi connectivity index (χ3v) is 5.24. The zero-order chi connectivity index (χ0) is 15.2. The van der Waals surface area contributed by atoms with Gasteiger partial charge in [-0.3, -0.25) is 4.79 Å². The standard InChI is InChI=1S/C17H32N2O2/c1-13-3-5-15(6-4-13)17(21)18-11-16(20)12-19-9-7-14(2)8-10-19/h13-16,20H,3-12H2,1-2H3,(H,18,21). The van der Waals surface area contributed by atoms with Gasteiger partial charge in [0.25, 0.3) is 0 Å². The maximum Gasteiger partial charge on any atom is 0.223 e. The number of amides is 1. The molecule has 0 bridgehead atoms. The van der Waals surface area contributed by atoms with Crippen LogP contribution >= 0.6 is 0 Å². The van der Waals surface area contributed by atoms with Gasteiger partial charge in [-0.2, -0.15) is 0 Å². The molecule has 1 saturated carbocycles. The van der Waals surface area contributed by atoms with Crippen LogP contribution in [0, 0.1) is 17.8 Å². The van der Waals surface area contributed by atoms with Crippen LogP contribution in [-0.4, -0.2) is 48.2 Å². The lowest BCUT2D eigenvalue weighted by Gasteiger charge is -2.32. The summed E-state index contributed by atoms with van der Waals surface area (Å²) >= 11 is 0. The minimum absolute atomic E-state index is 0.146. The number of aliphatic hydroxyl groups excluding tert-OH is 1. The molecule has 21 heavy (non-hydrogen) atoms. The molecule has 1 saturated heterocycles. The van der Waals surface area contributed by atoms with Gasteiger partial charge in [-0.15, -0.1) is 0 Å². The Hall–Kier alpha value is -0.610. The molecule has 1 heterocycles. The highest BCUT2D eigenvalue weighted by Gasteiger charge is 2.25. The van der Waals surface area contributed by atoms with E-state index in [1.54, 1.807) is 0 Å². The van der Waals surface area contributed by atoms with Crippen molar-refractivity contribution in [2.45, 2.75) is 58.5 Å². The van der Waals surface area contributed by atoms with Crippen LogP contribution < -0.4 is 5.32 Å². The zero-order valence-electron chi connectivity index (χ0n) is 13.7. The van der Waals surface area contributed by atoms with E-state index in [-0.39, 0.29) is 11.8 Å². The summed E-state index contributed by atoms with van der Waals surface area (Å²) in [7, 11) is 0. The van der Waals surface area contributed by atoms with Crippen LogP contribution in [0.5, 0.6) is 0 Å². The summed E-state index contributed by atoms with van der Waals surface area (Å²) in [4.78, 5) is 14.4. The molecule has 2 rings (SSSR count). The van der Waals surface area contributed by atoms with Crippen LogP contribution in [0.4, 0.5) is 0 Å². The van der Waals surface area contributed by atoms with Gasteiger partial charge < -0.3 is 15.3 Å². The summed E-state index contributed by atoms with van der Waals surface area (Å²) in [5.41, 5.74) is 0. The fourth-order valence-corrected chi connectivity index (χ4v) is 3.49. The monoisotopic (exact) mass is 296 g/mol. The zero-order valence-corrected chi connectivity index (χ0v) is 13.7. The molecule has 2 aliphatic rings. The second-order valence-electron chi connectivity index (χ2n) is 7.34. The number of nitrogens with zero attached hydrogens (tertiary/aromatic N) is 1. The Morgan fingerprint density at radius 1 is 1.10 bits per heavy atom. The molecule has 4 heteroatoms. The number of nitrogens with one attached hydrogen (secondary N) is 1. The molecule has 0 aromatic rings. The number of β-amino-alcohol motifs (C(OH)–C–C–N with tert-alkyl or cyclic N) is 1. The molecule has 2 fully saturated rings. The van der Waals surface area contributed by atoms with Gasteiger partial charge in [0, 0.05) is 19.0 Å². The maximum atomic E-state index is 12.1. The first-order chi connectivity index (χ1) is 10.0. The number of piperidine rings is 1. The Bertz CT molecular complexity index is 319. The molecule has 0 aromatic heterocycles. The highest BCUT2D eigenvalue weighted by Crippen LogP contribution is 2.28. The molecule has 4 nitrogen and oxygen atoms in total. The topological polar surface area (TPSA) is 52.6 Å². The molecule has 2 N–H and O–H groups in total. The summed E-state index contributed by atoms with van der Waals surface area (Å²) in [6.07, 6.45) is 6.34. The Morgan fingerprint density at radius 3 is 2.29 bits per heavy atom. The second-order valence-corrected chi connectivity index (χ2v) is 7.34. The van der Waals surface area contributed by atoms with Crippen molar-refractivity contribution in [3.8, 4) is 0 Å². The quantitative estimate of drug-likeness (QED) is 0.816. The molecular formula is C17H32N2O2. The van der Waals surface area contributed by atoms with E-state index in [1.165, 1.54) is 12.8 Å². The molecule has 1 unspecified atom stereocenters. The lowest BCUT2D eigenvalue weighted by molar-refractivity contribution is -0.126. The summed E-state index contributed by atoms with van der Waals surface area (Å²) in [5, 5.41) is 13.0. The minimum atomic E-state index is -0.440. The van der Waals surface area contributed by atoms with Gasteiger partial charge in [0.15, 0.2) is 0 Å². The Kier molecular flexibility index (Phi) is 6.49. The van der Waals surface area contributed by atoms with Crippen LogP contribution in [0.2, 0.25) is 0 Å². The summed E-state index contributed by atoms with van der Waals surface area (Å²) < 4.78 is 0. The van der Waals surface area contributed by atoms with Crippen LogP contribution in [-0.2, 0) is 4.79 Å². The van der Waals surface area contributed by atoms with Crippen molar-refractivity contribution in [1.82, 2.24) is 10.2 Å².